The molecule has 1 aromatic carbocycles. The van der Waals surface area contributed by atoms with Crippen LogP contribution in [-0.4, -0.2) is 22.2 Å². The van der Waals surface area contributed by atoms with Gasteiger partial charge in [0.05, 0.1) is 12.7 Å². The standard InChI is InChI=1S/C16H12F2N2O3/c1-22-12-7-6-9(8-19-12)13-14(23-16(20-13)15(17)18)10-4-2-3-5-11(10)21/h2-8,15,21H,1H3. The van der Waals surface area contributed by atoms with E-state index in [9.17, 15) is 13.9 Å². The quantitative estimate of drug-likeness (QED) is 0.786. The number of halogens is 2. The Bertz CT molecular complexity index is 816. The van der Waals surface area contributed by atoms with E-state index in [2.05, 4.69) is 9.97 Å². The minimum absolute atomic E-state index is 0.0605. The van der Waals surface area contributed by atoms with Crippen molar-refractivity contribution >= 4 is 0 Å². The first-order valence-corrected chi connectivity index (χ1v) is 6.68. The minimum atomic E-state index is -2.86. The van der Waals surface area contributed by atoms with Gasteiger partial charge in [0.15, 0.2) is 5.76 Å². The maximum absolute atomic E-state index is 13.0. The van der Waals surface area contributed by atoms with Gasteiger partial charge in [-0.25, -0.2) is 9.97 Å². The maximum atomic E-state index is 13.0. The van der Waals surface area contributed by atoms with Crippen molar-refractivity contribution in [2.75, 3.05) is 7.11 Å². The molecule has 0 unspecified atom stereocenters. The van der Waals surface area contributed by atoms with Crippen molar-refractivity contribution in [2.24, 2.45) is 0 Å². The van der Waals surface area contributed by atoms with Crippen molar-refractivity contribution in [2.45, 2.75) is 6.43 Å². The predicted molar refractivity (Wildman–Crippen MR) is 78.3 cm³/mol. The van der Waals surface area contributed by atoms with E-state index in [4.69, 9.17) is 9.15 Å². The third-order valence-corrected chi connectivity index (χ3v) is 3.20. The SMILES string of the molecule is COc1ccc(-c2nc(C(F)F)oc2-c2ccccc2O)cn1. The van der Waals surface area contributed by atoms with Crippen molar-refractivity contribution in [1.29, 1.82) is 0 Å². The second-order valence-electron chi connectivity index (χ2n) is 4.64. The molecular weight excluding hydrogens is 306 g/mol. The second-order valence-corrected chi connectivity index (χ2v) is 4.64. The number of phenols is 1. The first-order valence-electron chi connectivity index (χ1n) is 6.68. The number of hydrogen-bond donors (Lipinski definition) is 1. The van der Waals surface area contributed by atoms with Crippen molar-refractivity contribution in [1.82, 2.24) is 9.97 Å². The van der Waals surface area contributed by atoms with Crippen LogP contribution < -0.4 is 4.74 Å². The van der Waals surface area contributed by atoms with E-state index in [1.165, 1.54) is 19.4 Å². The van der Waals surface area contributed by atoms with Gasteiger partial charge in [0, 0.05) is 17.8 Å². The molecule has 7 heteroatoms. The van der Waals surface area contributed by atoms with Gasteiger partial charge < -0.3 is 14.3 Å². The number of benzene rings is 1. The molecule has 2 aromatic heterocycles. The third kappa shape index (κ3) is 2.85. The molecule has 2 heterocycles. The van der Waals surface area contributed by atoms with E-state index in [1.807, 2.05) is 0 Å². The lowest BCUT2D eigenvalue weighted by Gasteiger charge is -2.04. The summed E-state index contributed by atoms with van der Waals surface area (Å²) >= 11 is 0. The number of aromatic nitrogens is 2. The monoisotopic (exact) mass is 318 g/mol. The fourth-order valence-electron chi connectivity index (χ4n) is 2.11. The van der Waals surface area contributed by atoms with Gasteiger partial charge in [0.25, 0.3) is 5.89 Å². The van der Waals surface area contributed by atoms with E-state index in [1.54, 1.807) is 30.3 Å². The number of pyridine rings is 1. The Labute approximate surface area is 130 Å². The molecule has 0 spiro atoms. The molecule has 0 radical (unpaired) electrons. The first kappa shape index (κ1) is 15.0. The largest absolute Gasteiger partial charge is 0.507 e. The molecule has 0 saturated carbocycles. The lowest BCUT2D eigenvalue weighted by molar-refractivity contribution is 0.116. The number of alkyl halides is 2. The summed E-state index contributed by atoms with van der Waals surface area (Å²) in [4.78, 5) is 7.88. The summed E-state index contributed by atoms with van der Waals surface area (Å²) in [6.45, 7) is 0. The summed E-state index contributed by atoms with van der Waals surface area (Å²) in [5.41, 5.74) is 0.925. The Morgan fingerprint density at radius 3 is 2.57 bits per heavy atom. The molecule has 0 bridgehead atoms. The molecule has 23 heavy (non-hydrogen) atoms. The van der Waals surface area contributed by atoms with Crippen LogP contribution in [0, 0.1) is 0 Å². The van der Waals surface area contributed by atoms with Crippen LogP contribution in [0.25, 0.3) is 22.6 Å². The maximum Gasteiger partial charge on any atom is 0.313 e. The molecule has 0 fully saturated rings. The molecule has 3 aromatic rings. The molecule has 1 N–H and O–H groups in total. The normalized spacial score (nSPS) is 11.0. The zero-order valence-corrected chi connectivity index (χ0v) is 12.0. The fourth-order valence-corrected chi connectivity index (χ4v) is 2.11. The van der Waals surface area contributed by atoms with Crippen LogP contribution in [0.5, 0.6) is 11.6 Å². The van der Waals surface area contributed by atoms with E-state index in [-0.39, 0.29) is 22.8 Å². The van der Waals surface area contributed by atoms with Crippen molar-refractivity contribution in [3.05, 3.63) is 48.5 Å². The average Bonchev–Trinajstić information content (AvgIpc) is 3.01. The van der Waals surface area contributed by atoms with E-state index >= 15 is 0 Å². The van der Waals surface area contributed by atoms with Crippen LogP contribution in [0.4, 0.5) is 8.78 Å². The zero-order chi connectivity index (χ0) is 16.4. The number of aromatic hydroxyl groups is 1. The zero-order valence-electron chi connectivity index (χ0n) is 12.0. The number of nitrogens with zero attached hydrogens (tertiary/aromatic N) is 2. The third-order valence-electron chi connectivity index (χ3n) is 3.20. The van der Waals surface area contributed by atoms with Gasteiger partial charge >= 0.3 is 6.43 Å². The van der Waals surface area contributed by atoms with Gasteiger partial charge in [-0.1, -0.05) is 12.1 Å². The molecule has 0 aliphatic carbocycles. The van der Waals surface area contributed by atoms with Gasteiger partial charge in [-0.3, -0.25) is 0 Å². The molecule has 0 saturated heterocycles. The molecule has 0 amide bonds. The highest BCUT2D eigenvalue weighted by Gasteiger charge is 2.23. The Balaban J connectivity index is 2.16. The highest BCUT2D eigenvalue weighted by molar-refractivity contribution is 5.79. The molecule has 3 rings (SSSR count). The number of methoxy groups -OCH3 is 1. The van der Waals surface area contributed by atoms with Crippen molar-refractivity contribution in [3.63, 3.8) is 0 Å². The van der Waals surface area contributed by atoms with E-state index in [0.717, 1.165) is 0 Å². The van der Waals surface area contributed by atoms with Gasteiger partial charge in [-0.05, 0) is 18.2 Å². The first-order chi connectivity index (χ1) is 11.1. The Hall–Kier alpha value is -2.96. The fraction of sp³-hybridized carbons (Fsp3) is 0.125. The van der Waals surface area contributed by atoms with Crippen LogP contribution in [0.1, 0.15) is 12.3 Å². The van der Waals surface area contributed by atoms with E-state index < -0.39 is 12.3 Å². The number of para-hydroxylation sites is 1. The van der Waals surface area contributed by atoms with Gasteiger partial charge in [0.2, 0.25) is 5.88 Å². The van der Waals surface area contributed by atoms with Gasteiger partial charge in [-0.15, -0.1) is 0 Å². The van der Waals surface area contributed by atoms with Crippen molar-refractivity contribution < 1.29 is 23.0 Å². The smallest absolute Gasteiger partial charge is 0.313 e. The Morgan fingerprint density at radius 2 is 1.96 bits per heavy atom. The summed E-state index contributed by atoms with van der Waals surface area (Å²) in [6, 6.07) is 9.50. The summed E-state index contributed by atoms with van der Waals surface area (Å²) in [5, 5.41) is 9.95. The molecule has 118 valence electrons. The Morgan fingerprint density at radius 1 is 1.17 bits per heavy atom. The van der Waals surface area contributed by atoms with Crippen LogP contribution in [0.15, 0.2) is 47.0 Å². The van der Waals surface area contributed by atoms with Crippen LogP contribution >= 0.6 is 0 Å². The average molecular weight is 318 g/mol. The van der Waals surface area contributed by atoms with Gasteiger partial charge in [0.1, 0.15) is 11.4 Å². The van der Waals surface area contributed by atoms with Crippen molar-refractivity contribution in [3.8, 4) is 34.2 Å². The number of ether oxygens (including phenoxy) is 1. The van der Waals surface area contributed by atoms with Crippen LogP contribution in [0.3, 0.4) is 0 Å². The number of oxazole rings is 1. The summed E-state index contributed by atoms with van der Waals surface area (Å²) in [6.07, 6.45) is -1.42. The molecule has 0 aliphatic rings. The van der Waals surface area contributed by atoms with Gasteiger partial charge in [-0.2, -0.15) is 8.78 Å². The van der Waals surface area contributed by atoms with Crippen LogP contribution in [-0.2, 0) is 0 Å². The minimum Gasteiger partial charge on any atom is -0.507 e. The van der Waals surface area contributed by atoms with Crippen LogP contribution in [0.2, 0.25) is 0 Å². The number of hydrogen-bond acceptors (Lipinski definition) is 5. The second kappa shape index (κ2) is 6.04. The molecule has 0 atom stereocenters. The molecule has 5 nitrogen and oxygen atoms in total. The number of phenolic OH excluding ortho intramolecular Hbond substituents is 1. The lowest BCUT2D eigenvalue weighted by atomic mass is 10.1. The Kier molecular flexibility index (Phi) is 3.92. The molecular formula is C16H12F2N2O3. The lowest BCUT2D eigenvalue weighted by Crippen LogP contribution is -1.89. The summed E-state index contributed by atoms with van der Waals surface area (Å²) in [7, 11) is 1.47. The number of rotatable bonds is 4. The summed E-state index contributed by atoms with van der Waals surface area (Å²) in [5.74, 6) is -0.359. The predicted octanol–water partition coefficient (Wildman–Crippen LogP) is 4.06. The highest BCUT2D eigenvalue weighted by Crippen LogP contribution is 2.38. The molecule has 0 aliphatic heterocycles. The van der Waals surface area contributed by atoms with E-state index in [0.29, 0.717) is 11.4 Å². The summed E-state index contributed by atoms with van der Waals surface area (Å²) < 4.78 is 36.1. The topological polar surface area (TPSA) is 68.4 Å². The highest BCUT2D eigenvalue weighted by atomic mass is 19.3.